The van der Waals surface area contributed by atoms with E-state index in [-0.39, 0.29) is 21.9 Å². The summed E-state index contributed by atoms with van der Waals surface area (Å²) in [5, 5.41) is 1.94. The fourth-order valence-corrected chi connectivity index (χ4v) is 2.79. The molecule has 7 heteroatoms. The first kappa shape index (κ1) is 13.2. The van der Waals surface area contributed by atoms with Gasteiger partial charge < -0.3 is 4.74 Å². The molecule has 2 aromatic heterocycles. The van der Waals surface area contributed by atoms with E-state index in [1.165, 1.54) is 11.3 Å². The number of hydrogen-bond donors (Lipinski definition) is 0. The van der Waals surface area contributed by atoms with Crippen LogP contribution < -0.4 is 4.74 Å². The Morgan fingerprint density at radius 1 is 1.20 bits per heavy atom. The highest BCUT2D eigenvalue weighted by Gasteiger charge is 2.14. The molecule has 20 heavy (non-hydrogen) atoms. The zero-order valence-electron chi connectivity index (χ0n) is 10.2. The summed E-state index contributed by atoms with van der Waals surface area (Å²) in [7, 11) is 1.54. The lowest BCUT2D eigenvalue weighted by atomic mass is 10.2. The van der Waals surface area contributed by atoms with Gasteiger partial charge in [-0.1, -0.05) is 11.6 Å². The smallest absolute Gasteiger partial charge is 0.171 e. The van der Waals surface area contributed by atoms with Crippen LogP contribution in [0.15, 0.2) is 23.6 Å². The van der Waals surface area contributed by atoms with Crippen molar-refractivity contribution in [2.24, 2.45) is 0 Å². The lowest BCUT2D eigenvalue weighted by Crippen LogP contribution is -1.94. The van der Waals surface area contributed by atoms with E-state index in [0.29, 0.717) is 10.6 Å². The zero-order chi connectivity index (χ0) is 14.3. The molecular formula is C13H7ClF2N2OS. The molecule has 0 N–H and O–H groups in total. The van der Waals surface area contributed by atoms with Crippen LogP contribution in [-0.4, -0.2) is 17.1 Å². The summed E-state index contributed by atoms with van der Waals surface area (Å²) in [5.41, 5.74) is -0.00577. The number of halogens is 3. The molecule has 3 aromatic rings. The lowest BCUT2D eigenvalue weighted by molar-refractivity contribution is 0.417. The molecule has 0 radical (unpaired) electrons. The quantitative estimate of drug-likeness (QED) is 0.662. The van der Waals surface area contributed by atoms with E-state index in [9.17, 15) is 8.78 Å². The fourth-order valence-electron chi connectivity index (χ4n) is 1.77. The maximum Gasteiger partial charge on any atom is 0.171 e. The summed E-state index contributed by atoms with van der Waals surface area (Å²) in [6, 6.07) is 3.60. The fraction of sp³-hybridized carbons (Fsp3) is 0.0769. The van der Waals surface area contributed by atoms with Crippen molar-refractivity contribution in [2.75, 3.05) is 7.11 Å². The van der Waals surface area contributed by atoms with Crippen LogP contribution >= 0.6 is 22.9 Å². The van der Waals surface area contributed by atoms with Crippen LogP contribution in [0, 0.1) is 11.6 Å². The molecule has 0 amide bonds. The van der Waals surface area contributed by atoms with E-state index in [1.807, 2.05) is 0 Å². The molecular weight excluding hydrogens is 306 g/mol. The highest BCUT2D eigenvalue weighted by atomic mass is 35.5. The largest absolute Gasteiger partial charge is 0.496 e. The minimum Gasteiger partial charge on any atom is -0.496 e. The van der Waals surface area contributed by atoms with E-state index in [4.69, 9.17) is 16.3 Å². The molecule has 0 aliphatic carbocycles. The molecule has 1 aromatic carbocycles. The van der Waals surface area contributed by atoms with Crippen molar-refractivity contribution in [1.29, 1.82) is 0 Å². The standard InChI is InChI=1S/C13H7ClF2N2OS/c1-19-7-4-10(20-5-7)13-17-11-8(12(14)18-13)2-6(15)3-9(11)16/h2-5H,1H3. The van der Waals surface area contributed by atoms with Gasteiger partial charge in [0, 0.05) is 22.9 Å². The molecule has 2 heterocycles. The summed E-state index contributed by atoms with van der Waals surface area (Å²) in [6.45, 7) is 0. The Morgan fingerprint density at radius 2 is 2.00 bits per heavy atom. The van der Waals surface area contributed by atoms with Gasteiger partial charge in [-0.25, -0.2) is 18.7 Å². The zero-order valence-corrected chi connectivity index (χ0v) is 11.7. The molecule has 0 saturated carbocycles. The van der Waals surface area contributed by atoms with E-state index < -0.39 is 11.6 Å². The Morgan fingerprint density at radius 3 is 2.70 bits per heavy atom. The van der Waals surface area contributed by atoms with Crippen LogP contribution in [-0.2, 0) is 0 Å². The number of hydrogen-bond acceptors (Lipinski definition) is 4. The number of nitrogens with zero attached hydrogens (tertiary/aromatic N) is 2. The van der Waals surface area contributed by atoms with Gasteiger partial charge in [-0.3, -0.25) is 0 Å². The molecule has 0 fully saturated rings. The van der Waals surface area contributed by atoms with Crippen molar-refractivity contribution < 1.29 is 13.5 Å². The number of methoxy groups -OCH3 is 1. The Kier molecular flexibility index (Phi) is 3.27. The predicted octanol–water partition coefficient (Wildman–Crippen LogP) is 4.30. The molecule has 0 aliphatic heterocycles. The van der Waals surface area contributed by atoms with Crippen LogP contribution in [0.3, 0.4) is 0 Å². The summed E-state index contributed by atoms with van der Waals surface area (Å²) in [5.74, 6) is -0.550. The van der Waals surface area contributed by atoms with Crippen LogP contribution in [0.2, 0.25) is 5.15 Å². The second-order valence-corrected chi connectivity index (χ2v) is 5.24. The van der Waals surface area contributed by atoms with E-state index >= 15 is 0 Å². The third-order valence-corrected chi connectivity index (χ3v) is 3.90. The number of rotatable bonds is 2. The second kappa shape index (κ2) is 4.96. The minimum absolute atomic E-state index is 0.00577. The number of benzene rings is 1. The average Bonchev–Trinajstić information content (AvgIpc) is 2.88. The molecule has 0 spiro atoms. The molecule has 3 nitrogen and oxygen atoms in total. The van der Waals surface area contributed by atoms with E-state index in [0.717, 1.165) is 12.1 Å². The van der Waals surface area contributed by atoms with E-state index in [2.05, 4.69) is 9.97 Å². The molecule has 102 valence electrons. The normalized spacial score (nSPS) is 11.0. The highest BCUT2D eigenvalue weighted by molar-refractivity contribution is 7.13. The number of aromatic nitrogens is 2. The van der Waals surface area contributed by atoms with Crippen molar-refractivity contribution >= 4 is 33.8 Å². The number of thiophene rings is 1. The molecule has 0 atom stereocenters. The third kappa shape index (κ3) is 2.21. The Bertz CT molecular complexity index is 806. The number of ether oxygens (including phenoxy) is 1. The summed E-state index contributed by atoms with van der Waals surface area (Å²) < 4.78 is 32.0. The monoisotopic (exact) mass is 312 g/mol. The van der Waals surface area contributed by atoms with Crippen molar-refractivity contribution in [3.8, 4) is 16.5 Å². The molecule has 0 unspecified atom stereocenters. The Hall–Kier alpha value is -1.79. The van der Waals surface area contributed by atoms with Gasteiger partial charge in [-0.05, 0) is 6.07 Å². The van der Waals surface area contributed by atoms with Gasteiger partial charge in [0.05, 0.1) is 12.0 Å². The van der Waals surface area contributed by atoms with Crippen LogP contribution in [0.25, 0.3) is 21.6 Å². The maximum atomic E-state index is 13.8. The summed E-state index contributed by atoms with van der Waals surface area (Å²) in [6.07, 6.45) is 0. The first-order chi connectivity index (χ1) is 9.58. The number of fused-ring (bicyclic) bond motifs is 1. The van der Waals surface area contributed by atoms with Gasteiger partial charge in [0.2, 0.25) is 0 Å². The highest BCUT2D eigenvalue weighted by Crippen LogP contribution is 2.32. The molecule has 0 aliphatic rings. The van der Waals surface area contributed by atoms with Crippen molar-refractivity contribution in [3.05, 3.63) is 40.4 Å². The Balaban J connectivity index is 2.23. The topological polar surface area (TPSA) is 35.0 Å². The van der Waals surface area contributed by atoms with Gasteiger partial charge in [0.15, 0.2) is 11.6 Å². The van der Waals surface area contributed by atoms with E-state index in [1.54, 1.807) is 18.6 Å². The SMILES string of the molecule is COc1csc(-c2nc(Cl)c3cc(F)cc(F)c3n2)c1. The molecule has 0 bridgehead atoms. The van der Waals surface area contributed by atoms with Gasteiger partial charge >= 0.3 is 0 Å². The third-order valence-electron chi connectivity index (χ3n) is 2.70. The van der Waals surface area contributed by atoms with Crippen molar-refractivity contribution in [3.63, 3.8) is 0 Å². The lowest BCUT2D eigenvalue weighted by Gasteiger charge is -2.04. The summed E-state index contributed by atoms with van der Waals surface area (Å²) >= 11 is 7.33. The predicted molar refractivity (Wildman–Crippen MR) is 74.3 cm³/mol. The van der Waals surface area contributed by atoms with Crippen molar-refractivity contribution in [1.82, 2.24) is 9.97 Å². The van der Waals surface area contributed by atoms with Crippen LogP contribution in [0.1, 0.15) is 0 Å². The first-order valence-corrected chi connectivity index (χ1v) is 6.79. The van der Waals surface area contributed by atoms with Gasteiger partial charge in [0.1, 0.15) is 22.2 Å². The average molecular weight is 313 g/mol. The van der Waals surface area contributed by atoms with Crippen LogP contribution in [0.4, 0.5) is 8.78 Å². The molecule has 0 saturated heterocycles. The maximum absolute atomic E-state index is 13.8. The van der Waals surface area contributed by atoms with Gasteiger partial charge in [-0.2, -0.15) is 0 Å². The molecule has 3 rings (SSSR count). The summed E-state index contributed by atoms with van der Waals surface area (Å²) in [4.78, 5) is 8.88. The minimum atomic E-state index is -0.769. The van der Waals surface area contributed by atoms with Crippen molar-refractivity contribution in [2.45, 2.75) is 0 Å². The first-order valence-electron chi connectivity index (χ1n) is 5.53. The second-order valence-electron chi connectivity index (χ2n) is 3.97. The van der Waals surface area contributed by atoms with Gasteiger partial charge in [0.25, 0.3) is 0 Å². The van der Waals surface area contributed by atoms with Crippen LogP contribution in [0.5, 0.6) is 5.75 Å². The Labute approximate surface area is 121 Å². The van der Waals surface area contributed by atoms with Gasteiger partial charge in [-0.15, -0.1) is 11.3 Å².